The molecule has 0 radical (unpaired) electrons. The Hall–Kier alpha value is -0.120. The van der Waals surface area contributed by atoms with Crippen molar-refractivity contribution in [1.29, 1.82) is 0 Å². The Labute approximate surface area is 86.8 Å². The summed E-state index contributed by atoms with van der Waals surface area (Å²) in [4.78, 5) is 0. The van der Waals surface area contributed by atoms with Crippen LogP contribution in [0.3, 0.4) is 0 Å². The number of aliphatic hydroxyl groups is 1. The average Bonchev–Trinajstić information content (AvgIpc) is 2.20. The molecule has 2 N–H and O–H groups in total. The Bertz CT molecular complexity index is 152. The standard InChI is InChI=1S/C11H23NO2/c1-3-9(8-14-2)12-10-6-4-5-7-11(10)13/h9-13H,3-8H2,1-2H3/t9?,10-,11-/m0/s1. The van der Waals surface area contributed by atoms with Crippen LogP contribution in [-0.4, -0.2) is 37.0 Å². The molecule has 1 unspecified atom stereocenters. The summed E-state index contributed by atoms with van der Waals surface area (Å²) in [5.41, 5.74) is 0. The van der Waals surface area contributed by atoms with Crippen molar-refractivity contribution in [3.05, 3.63) is 0 Å². The first kappa shape index (κ1) is 12.0. The molecule has 0 heterocycles. The van der Waals surface area contributed by atoms with E-state index in [9.17, 15) is 5.11 Å². The van der Waals surface area contributed by atoms with Gasteiger partial charge in [-0.1, -0.05) is 19.8 Å². The fourth-order valence-electron chi connectivity index (χ4n) is 2.09. The van der Waals surface area contributed by atoms with Gasteiger partial charge in [0.25, 0.3) is 0 Å². The van der Waals surface area contributed by atoms with Gasteiger partial charge in [0.2, 0.25) is 0 Å². The molecule has 0 aromatic heterocycles. The first-order valence-corrected chi connectivity index (χ1v) is 5.71. The molecule has 1 saturated carbocycles. The lowest BCUT2D eigenvalue weighted by molar-refractivity contribution is 0.0725. The summed E-state index contributed by atoms with van der Waals surface area (Å²) < 4.78 is 5.13. The lowest BCUT2D eigenvalue weighted by Crippen LogP contribution is -2.48. The van der Waals surface area contributed by atoms with Crippen molar-refractivity contribution in [2.24, 2.45) is 0 Å². The lowest BCUT2D eigenvalue weighted by Gasteiger charge is -2.31. The summed E-state index contributed by atoms with van der Waals surface area (Å²) in [6.45, 7) is 2.88. The SMILES string of the molecule is CCC(COC)N[C@H]1CCCC[C@@H]1O. The molecule has 1 rings (SSSR count). The highest BCUT2D eigenvalue weighted by Gasteiger charge is 2.24. The van der Waals surface area contributed by atoms with Crippen molar-refractivity contribution in [1.82, 2.24) is 5.32 Å². The summed E-state index contributed by atoms with van der Waals surface area (Å²) in [7, 11) is 1.72. The summed E-state index contributed by atoms with van der Waals surface area (Å²) >= 11 is 0. The molecule has 0 saturated heterocycles. The number of nitrogens with one attached hydrogen (secondary N) is 1. The van der Waals surface area contributed by atoms with Crippen LogP contribution in [0.25, 0.3) is 0 Å². The molecule has 0 aromatic carbocycles. The van der Waals surface area contributed by atoms with Gasteiger partial charge >= 0.3 is 0 Å². The smallest absolute Gasteiger partial charge is 0.0693 e. The van der Waals surface area contributed by atoms with Crippen LogP contribution in [0.2, 0.25) is 0 Å². The van der Waals surface area contributed by atoms with Crippen LogP contribution in [-0.2, 0) is 4.74 Å². The van der Waals surface area contributed by atoms with E-state index in [1.165, 1.54) is 12.8 Å². The van der Waals surface area contributed by atoms with Gasteiger partial charge in [-0.3, -0.25) is 0 Å². The molecule has 0 aliphatic heterocycles. The molecule has 1 fully saturated rings. The Balaban J connectivity index is 2.31. The Morgan fingerprint density at radius 1 is 1.43 bits per heavy atom. The van der Waals surface area contributed by atoms with Crippen LogP contribution in [0.15, 0.2) is 0 Å². The van der Waals surface area contributed by atoms with Gasteiger partial charge in [0.1, 0.15) is 0 Å². The second-order valence-corrected chi connectivity index (χ2v) is 4.19. The van der Waals surface area contributed by atoms with Crippen LogP contribution in [0, 0.1) is 0 Å². The fraction of sp³-hybridized carbons (Fsp3) is 1.00. The highest BCUT2D eigenvalue weighted by molar-refractivity contribution is 4.83. The zero-order valence-electron chi connectivity index (χ0n) is 9.33. The summed E-state index contributed by atoms with van der Waals surface area (Å²) in [6.07, 6.45) is 5.34. The highest BCUT2D eigenvalue weighted by Crippen LogP contribution is 2.19. The number of methoxy groups -OCH3 is 1. The monoisotopic (exact) mass is 201 g/mol. The molecule has 1 aliphatic rings. The van der Waals surface area contributed by atoms with Gasteiger partial charge in [-0.25, -0.2) is 0 Å². The molecule has 0 bridgehead atoms. The van der Waals surface area contributed by atoms with Crippen LogP contribution in [0.5, 0.6) is 0 Å². The third kappa shape index (κ3) is 3.56. The van der Waals surface area contributed by atoms with Crippen molar-refractivity contribution in [2.75, 3.05) is 13.7 Å². The predicted molar refractivity (Wildman–Crippen MR) is 57.4 cm³/mol. The molecule has 0 spiro atoms. The van der Waals surface area contributed by atoms with Crippen LogP contribution >= 0.6 is 0 Å². The Morgan fingerprint density at radius 2 is 2.14 bits per heavy atom. The van der Waals surface area contributed by atoms with E-state index in [0.29, 0.717) is 6.04 Å². The number of hydrogen-bond donors (Lipinski definition) is 2. The summed E-state index contributed by atoms with van der Waals surface area (Å²) in [5.74, 6) is 0. The maximum Gasteiger partial charge on any atom is 0.0693 e. The molecule has 3 atom stereocenters. The molecule has 1 aliphatic carbocycles. The minimum atomic E-state index is -0.158. The van der Waals surface area contributed by atoms with Crippen molar-refractivity contribution in [3.63, 3.8) is 0 Å². The Morgan fingerprint density at radius 3 is 2.71 bits per heavy atom. The minimum absolute atomic E-state index is 0.158. The maximum atomic E-state index is 9.78. The van der Waals surface area contributed by atoms with E-state index in [1.54, 1.807) is 7.11 Å². The minimum Gasteiger partial charge on any atom is -0.392 e. The van der Waals surface area contributed by atoms with Crippen molar-refractivity contribution in [3.8, 4) is 0 Å². The van der Waals surface area contributed by atoms with Gasteiger partial charge in [-0.2, -0.15) is 0 Å². The van der Waals surface area contributed by atoms with Gasteiger partial charge in [0.15, 0.2) is 0 Å². The second kappa shape index (κ2) is 6.38. The molecule has 84 valence electrons. The highest BCUT2D eigenvalue weighted by atomic mass is 16.5. The topological polar surface area (TPSA) is 41.5 Å². The van der Waals surface area contributed by atoms with Crippen molar-refractivity contribution >= 4 is 0 Å². The number of hydrogen-bond acceptors (Lipinski definition) is 3. The molecule has 0 amide bonds. The van der Waals surface area contributed by atoms with Crippen LogP contribution in [0.1, 0.15) is 39.0 Å². The Kier molecular flexibility index (Phi) is 5.45. The second-order valence-electron chi connectivity index (χ2n) is 4.19. The third-order valence-corrected chi connectivity index (χ3v) is 3.04. The van der Waals surface area contributed by atoms with Crippen molar-refractivity contribution < 1.29 is 9.84 Å². The number of aliphatic hydroxyl groups excluding tert-OH is 1. The van der Waals surface area contributed by atoms with Gasteiger partial charge in [-0.05, 0) is 19.3 Å². The third-order valence-electron chi connectivity index (χ3n) is 3.04. The molecule has 0 aromatic rings. The largest absolute Gasteiger partial charge is 0.392 e. The van der Waals surface area contributed by atoms with E-state index in [0.717, 1.165) is 25.9 Å². The van der Waals surface area contributed by atoms with Crippen LogP contribution < -0.4 is 5.32 Å². The maximum absolute atomic E-state index is 9.78. The first-order valence-electron chi connectivity index (χ1n) is 5.71. The van der Waals surface area contributed by atoms with E-state index >= 15 is 0 Å². The van der Waals surface area contributed by atoms with E-state index in [4.69, 9.17) is 4.74 Å². The van der Waals surface area contributed by atoms with Crippen molar-refractivity contribution in [2.45, 2.75) is 57.2 Å². The van der Waals surface area contributed by atoms with Gasteiger partial charge < -0.3 is 15.2 Å². The van der Waals surface area contributed by atoms with E-state index in [1.807, 2.05) is 0 Å². The van der Waals surface area contributed by atoms with E-state index in [-0.39, 0.29) is 12.1 Å². The van der Waals surface area contributed by atoms with E-state index in [2.05, 4.69) is 12.2 Å². The molecule has 3 nitrogen and oxygen atoms in total. The van der Waals surface area contributed by atoms with Gasteiger partial charge in [-0.15, -0.1) is 0 Å². The van der Waals surface area contributed by atoms with Crippen LogP contribution in [0.4, 0.5) is 0 Å². The van der Waals surface area contributed by atoms with Gasteiger partial charge in [0.05, 0.1) is 12.7 Å². The lowest BCUT2D eigenvalue weighted by atomic mass is 9.92. The summed E-state index contributed by atoms with van der Waals surface area (Å²) in [6, 6.07) is 0.668. The molecule has 14 heavy (non-hydrogen) atoms. The number of rotatable bonds is 5. The predicted octanol–water partition coefficient (Wildman–Crippen LogP) is 1.30. The summed E-state index contributed by atoms with van der Waals surface area (Å²) in [5, 5.41) is 13.3. The first-order chi connectivity index (χ1) is 6.77. The van der Waals surface area contributed by atoms with E-state index < -0.39 is 0 Å². The zero-order chi connectivity index (χ0) is 10.4. The van der Waals surface area contributed by atoms with Gasteiger partial charge in [0, 0.05) is 19.2 Å². The molecular weight excluding hydrogens is 178 g/mol. The number of ether oxygens (including phenoxy) is 1. The normalized spacial score (nSPS) is 30.2. The quantitative estimate of drug-likeness (QED) is 0.704. The average molecular weight is 201 g/mol. The molecule has 3 heteroatoms. The fourth-order valence-corrected chi connectivity index (χ4v) is 2.09. The molecular formula is C11H23NO2. The zero-order valence-corrected chi connectivity index (χ0v) is 9.33.